The molecule has 0 aliphatic carbocycles. The van der Waals surface area contributed by atoms with Crippen molar-refractivity contribution < 1.29 is 4.74 Å². The van der Waals surface area contributed by atoms with Crippen LogP contribution in [-0.2, 0) is 0 Å². The molecule has 2 aromatic heterocycles. The monoisotopic (exact) mass is 291 g/mol. The number of nitrogens with zero attached hydrogens (tertiary/aromatic N) is 4. The molecule has 0 saturated carbocycles. The van der Waals surface area contributed by atoms with Crippen LogP contribution < -0.4 is 15.4 Å². The van der Waals surface area contributed by atoms with Crippen molar-refractivity contribution in [3.63, 3.8) is 0 Å². The number of pyridine rings is 1. The number of rotatable bonds is 3. The van der Waals surface area contributed by atoms with Crippen LogP contribution in [0.25, 0.3) is 0 Å². The Morgan fingerprint density at radius 1 is 1.30 bits per heavy atom. The molecule has 1 fully saturated rings. The maximum atomic E-state index is 6.14. The standard InChI is InChI=1S/C13H14ClN5O/c14-11-12(15)17-8-18-13(11)19-6-3-10(7-19)20-9-1-4-16-5-2-9/h1-2,4-5,8,10H,3,6-7H2,(H2,15,17,18). The van der Waals surface area contributed by atoms with Gasteiger partial charge in [-0.1, -0.05) is 11.6 Å². The molecule has 1 saturated heterocycles. The fourth-order valence-electron chi connectivity index (χ4n) is 2.22. The Bertz CT molecular complexity index is 595. The molecule has 3 heterocycles. The Kier molecular flexibility index (Phi) is 3.56. The van der Waals surface area contributed by atoms with Crippen LogP contribution in [0.3, 0.4) is 0 Å². The molecular weight excluding hydrogens is 278 g/mol. The number of anilines is 2. The summed E-state index contributed by atoms with van der Waals surface area (Å²) in [5, 5.41) is 0.400. The first kappa shape index (κ1) is 12.9. The lowest BCUT2D eigenvalue weighted by Gasteiger charge is -2.19. The minimum absolute atomic E-state index is 0.102. The second kappa shape index (κ2) is 5.50. The van der Waals surface area contributed by atoms with E-state index in [-0.39, 0.29) is 6.10 Å². The van der Waals surface area contributed by atoms with Crippen molar-refractivity contribution in [2.75, 3.05) is 23.7 Å². The summed E-state index contributed by atoms with van der Waals surface area (Å²) in [7, 11) is 0. The molecule has 7 heteroatoms. The van der Waals surface area contributed by atoms with Crippen molar-refractivity contribution >= 4 is 23.2 Å². The van der Waals surface area contributed by atoms with Crippen LogP contribution in [0.15, 0.2) is 30.9 Å². The molecule has 2 aromatic rings. The maximum absolute atomic E-state index is 6.14. The zero-order valence-electron chi connectivity index (χ0n) is 10.7. The number of hydrogen-bond acceptors (Lipinski definition) is 6. The molecule has 20 heavy (non-hydrogen) atoms. The molecule has 0 radical (unpaired) electrons. The van der Waals surface area contributed by atoms with Gasteiger partial charge in [-0.15, -0.1) is 0 Å². The van der Waals surface area contributed by atoms with Crippen molar-refractivity contribution in [3.05, 3.63) is 35.9 Å². The van der Waals surface area contributed by atoms with Crippen LogP contribution in [0.4, 0.5) is 11.6 Å². The molecule has 3 rings (SSSR count). The quantitative estimate of drug-likeness (QED) is 0.928. The third-order valence-corrected chi connectivity index (χ3v) is 3.56. The zero-order chi connectivity index (χ0) is 13.9. The summed E-state index contributed by atoms with van der Waals surface area (Å²) >= 11 is 6.14. The summed E-state index contributed by atoms with van der Waals surface area (Å²) < 4.78 is 5.90. The average molecular weight is 292 g/mol. The van der Waals surface area contributed by atoms with E-state index < -0.39 is 0 Å². The summed E-state index contributed by atoms with van der Waals surface area (Å²) in [4.78, 5) is 14.1. The van der Waals surface area contributed by atoms with Gasteiger partial charge < -0.3 is 15.4 Å². The lowest BCUT2D eigenvalue weighted by molar-refractivity contribution is 0.224. The largest absolute Gasteiger partial charge is 0.488 e. The second-order valence-electron chi connectivity index (χ2n) is 4.55. The fourth-order valence-corrected chi connectivity index (χ4v) is 2.44. The third-order valence-electron chi connectivity index (χ3n) is 3.20. The Morgan fingerprint density at radius 2 is 2.10 bits per heavy atom. The maximum Gasteiger partial charge on any atom is 0.153 e. The predicted octanol–water partition coefficient (Wildman–Crippen LogP) is 1.76. The highest BCUT2D eigenvalue weighted by Gasteiger charge is 2.27. The van der Waals surface area contributed by atoms with Gasteiger partial charge in [-0.05, 0) is 12.1 Å². The summed E-state index contributed by atoms with van der Waals surface area (Å²) in [6.07, 6.45) is 5.86. The van der Waals surface area contributed by atoms with Crippen molar-refractivity contribution in [2.24, 2.45) is 0 Å². The van der Waals surface area contributed by atoms with Crippen LogP contribution >= 0.6 is 11.6 Å². The van der Waals surface area contributed by atoms with E-state index in [9.17, 15) is 0 Å². The van der Waals surface area contributed by atoms with Gasteiger partial charge in [0.25, 0.3) is 0 Å². The number of nitrogens with two attached hydrogens (primary N) is 1. The van der Waals surface area contributed by atoms with Gasteiger partial charge in [0.2, 0.25) is 0 Å². The Morgan fingerprint density at radius 3 is 2.90 bits per heavy atom. The first-order chi connectivity index (χ1) is 9.74. The number of aromatic nitrogens is 3. The van der Waals surface area contributed by atoms with Crippen LogP contribution in [0.5, 0.6) is 5.75 Å². The van der Waals surface area contributed by atoms with Crippen molar-refractivity contribution in [3.8, 4) is 5.75 Å². The van der Waals surface area contributed by atoms with Crippen LogP contribution in [0.1, 0.15) is 6.42 Å². The highest BCUT2D eigenvalue weighted by atomic mass is 35.5. The van der Waals surface area contributed by atoms with Gasteiger partial charge in [0.15, 0.2) is 5.82 Å². The zero-order valence-corrected chi connectivity index (χ0v) is 11.5. The molecule has 6 nitrogen and oxygen atoms in total. The van der Waals surface area contributed by atoms with Gasteiger partial charge >= 0.3 is 0 Å². The molecule has 0 aromatic carbocycles. The lowest BCUT2D eigenvalue weighted by atomic mass is 10.3. The highest BCUT2D eigenvalue weighted by Crippen LogP contribution is 2.30. The Balaban J connectivity index is 1.69. The molecule has 0 spiro atoms. The lowest BCUT2D eigenvalue weighted by Crippen LogP contribution is -2.25. The SMILES string of the molecule is Nc1ncnc(N2CCC(Oc3ccncc3)C2)c1Cl. The first-order valence-corrected chi connectivity index (χ1v) is 6.69. The van der Waals surface area contributed by atoms with Gasteiger partial charge in [-0.2, -0.15) is 0 Å². The summed E-state index contributed by atoms with van der Waals surface area (Å²) in [5.41, 5.74) is 5.70. The molecule has 1 aliphatic heterocycles. The number of hydrogen-bond donors (Lipinski definition) is 1. The molecular formula is C13H14ClN5O. The van der Waals surface area contributed by atoms with E-state index in [4.69, 9.17) is 22.1 Å². The molecule has 1 aliphatic rings. The van der Waals surface area contributed by atoms with Gasteiger partial charge in [-0.3, -0.25) is 4.98 Å². The van der Waals surface area contributed by atoms with Gasteiger partial charge in [0.1, 0.15) is 29.0 Å². The average Bonchev–Trinajstić information content (AvgIpc) is 2.91. The fraction of sp³-hybridized carbons (Fsp3) is 0.308. The minimum Gasteiger partial charge on any atom is -0.488 e. The van der Waals surface area contributed by atoms with Crippen molar-refractivity contribution in [2.45, 2.75) is 12.5 Å². The van der Waals surface area contributed by atoms with E-state index in [1.165, 1.54) is 6.33 Å². The van der Waals surface area contributed by atoms with Gasteiger partial charge in [0, 0.05) is 25.4 Å². The van der Waals surface area contributed by atoms with E-state index in [1.54, 1.807) is 12.4 Å². The first-order valence-electron chi connectivity index (χ1n) is 6.31. The van der Waals surface area contributed by atoms with Gasteiger partial charge in [0.05, 0.1) is 6.54 Å². The van der Waals surface area contributed by atoms with E-state index in [2.05, 4.69) is 19.9 Å². The van der Waals surface area contributed by atoms with E-state index in [1.807, 2.05) is 12.1 Å². The summed E-state index contributed by atoms with van der Waals surface area (Å²) in [6, 6.07) is 3.69. The van der Waals surface area contributed by atoms with Crippen LogP contribution in [0, 0.1) is 0 Å². The molecule has 0 amide bonds. The number of halogens is 1. The topological polar surface area (TPSA) is 77.2 Å². The van der Waals surface area contributed by atoms with Crippen molar-refractivity contribution in [1.29, 1.82) is 0 Å². The van der Waals surface area contributed by atoms with E-state index in [0.717, 1.165) is 25.3 Å². The summed E-state index contributed by atoms with van der Waals surface area (Å²) in [5.74, 6) is 1.79. The normalized spacial score (nSPS) is 18.2. The third kappa shape index (κ3) is 2.60. The summed E-state index contributed by atoms with van der Waals surface area (Å²) in [6.45, 7) is 1.55. The molecule has 1 unspecified atom stereocenters. The van der Waals surface area contributed by atoms with Crippen LogP contribution in [-0.4, -0.2) is 34.1 Å². The van der Waals surface area contributed by atoms with Crippen molar-refractivity contribution in [1.82, 2.24) is 15.0 Å². The smallest absolute Gasteiger partial charge is 0.153 e. The Labute approximate surface area is 121 Å². The highest BCUT2D eigenvalue weighted by molar-refractivity contribution is 6.35. The molecule has 1 atom stereocenters. The van der Waals surface area contributed by atoms with E-state index >= 15 is 0 Å². The number of ether oxygens (including phenoxy) is 1. The molecule has 0 bridgehead atoms. The predicted molar refractivity (Wildman–Crippen MR) is 76.9 cm³/mol. The van der Waals surface area contributed by atoms with E-state index in [0.29, 0.717) is 16.7 Å². The number of nitrogen functional groups attached to an aromatic ring is 1. The minimum atomic E-state index is 0.102. The molecule has 2 N–H and O–H groups in total. The second-order valence-corrected chi connectivity index (χ2v) is 4.93. The van der Waals surface area contributed by atoms with Gasteiger partial charge in [-0.25, -0.2) is 9.97 Å². The molecule has 104 valence electrons. The Hall–Kier alpha value is -2.08. The van der Waals surface area contributed by atoms with Crippen LogP contribution in [0.2, 0.25) is 5.02 Å².